The maximum atomic E-state index is 12.7. The molecular weight excluding hydrogens is 370 g/mol. The van der Waals surface area contributed by atoms with Gasteiger partial charge >= 0.3 is 5.69 Å². The van der Waals surface area contributed by atoms with Crippen molar-refractivity contribution in [2.45, 2.75) is 46.1 Å². The van der Waals surface area contributed by atoms with Gasteiger partial charge in [-0.15, -0.1) is 0 Å². The first kappa shape index (κ1) is 19.6. The third kappa shape index (κ3) is 3.77. The maximum Gasteiger partial charge on any atom is 0.329 e. The molecule has 1 N–H and O–H groups in total. The average molecular weight is 397 g/mol. The van der Waals surface area contributed by atoms with Crippen LogP contribution in [0.2, 0.25) is 0 Å². The Morgan fingerprint density at radius 3 is 2.52 bits per heavy atom. The van der Waals surface area contributed by atoms with Crippen molar-refractivity contribution < 1.29 is 4.74 Å². The summed E-state index contributed by atoms with van der Waals surface area (Å²) in [6, 6.07) is 8.10. The van der Waals surface area contributed by atoms with E-state index in [0.717, 1.165) is 30.0 Å². The number of aromatic nitrogens is 4. The molecule has 154 valence electrons. The number of morpholine rings is 1. The molecule has 3 heterocycles. The van der Waals surface area contributed by atoms with Crippen LogP contribution in [-0.2, 0) is 24.9 Å². The van der Waals surface area contributed by atoms with Crippen LogP contribution in [0.1, 0.15) is 30.8 Å². The van der Waals surface area contributed by atoms with Gasteiger partial charge in [0.15, 0.2) is 11.2 Å². The number of imidazole rings is 1. The first-order valence-electron chi connectivity index (χ1n) is 9.94. The number of rotatable bonds is 4. The van der Waals surface area contributed by atoms with Crippen LogP contribution in [0.4, 0.5) is 0 Å². The molecule has 0 saturated carbocycles. The van der Waals surface area contributed by atoms with Crippen LogP contribution in [0.25, 0.3) is 11.2 Å². The normalized spacial score (nSPS) is 20.4. The molecule has 1 aliphatic rings. The van der Waals surface area contributed by atoms with Gasteiger partial charge in [0.1, 0.15) is 5.82 Å². The van der Waals surface area contributed by atoms with Crippen molar-refractivity contribution in [3.8, 4) is 0 Å². The minimum absolute atomic E-state index is 0.140. The number of H-pyrrole nitrogens is 1. The van der Waals surface area contributed by atoms with E-state index in [0.29, 0.717) is 24.3 Å². The fraction of sp³-hybridized carbons (Fsp3) is 0.476. The molecular formula is C21H27N5O3. The van der Waals surface area contributed by atoms with Crippen LogP contribution in [0.3, 0.4) is 0 Å². The zero-order chi connectivity index (χ0) is 20.7. The highest BCUT2D eigenvalue weighted by atomic mass is 16.5. The molecule has 2 atom stereocenters. The Bertz CT molecular complexity index is 1150. The van der Waals surface area contributed by atoms with Crippen molar-refractivity contribution in [3.05, 3.63) is 62.1 Å². The number of benzene rings is 1. The summed E-state index contributed by atoms with van der Waals surface area (Å²) >= 11 is 0. The summed E-state index contributed by atoms with van der Waals surface area (Å²) in [5.74, 6) is 0.774. The van der Waals surface area contributed by atoms with Crippen LogP contribution in [0.5, 0.6) is 0 Å². The van der Waals surface area contributed by atoms with Gasteiger partial charge < -0.3 is 9.30 Å². The van der Waals surface area contributed by atoms with Crippen LogP contribution in [-0.4, -0.2) is 49.3 Å². The summed E-state index contributed by atoms with van der Waals surface area (Å²) in [5.41, 5.74) is 2.25. The van der Waals surface area contributed by atoms with Gasteiger partial charge in [-0.2, -0.15) is 0 Å². The highest BCUT2D eigenvalue weighted by Gasteiger charge is 2.25. The Morgan fingerprint density at radius 1 is 1.14 bits per heavy atom. The average Bonchev–Trinajstić information content (AvgIpc) is 2.99. The second-order valence-corrected chi connectivity index (χ2v) is 7.98. The van der Waals surface area contributed by atoms with E-state index in [1.807, 2.05) is 16.7 Å². The second kappa shape index (κ2) is 7.61. The molecule has 1 aliphatic heterocycles. The number of hydrogen-bond donors (Lipinski definition) is 1. The summed E-state index contributed by atoms with van der Waals surface area (Å²) in [6.07, 6.45) is 0.279. The third-order valence-corrected chi connectivity index (χ3v) is 5.54. The van der Waals surface area contributed by atoms with Crippen LogP contribution in [0.15, 0.2) is 33.9 Å². The van der Waals surface area contributed by atoms with E-state index < -0.39 is 11.2 Å². The van der Waals surface area contributed by atoms with Crippen molar-refractivity contribution >= 4 is 11.2 Å². The number of fused-ring (bicyclic) bond motifs is 1. The number of hydrogen-bond acceptors (Lipinski definition) is 5. The van der Waals surface area contributed by atoms with Crippen molar-refractivity contribution in [2.24, 2.45) is 7.05 Å². The molecule has 2 aromatic heterocycles. The van der Waals surface area contributed by atoms with Crippen LogP contribution in [0, 0.1) is 6.92 Å². The lowest BCUT2D eigenvalue weighted by atomic mass is 10.1. The zero-order valence-corrected chi connectivity index (χ0v) is 17.3. The minimum Gasteiger partial charge on any atom is -0.373 e. The third-order valence-electron chi connectivity index (χ3n) is 5.54. The summed E-state index contributed by atoms with van der Waals surface area (Å²) in [7, 11) is 1.63. The lowest BCUT2D eigenvalue weighted by molar-refractivity contribution is -0.0712. The van der Waals surface area contributed by atoms with E-state index in [4.69, 9.17) is 9.72 Å². The van der Waals surface area contributed by atoms with Crippen LogP contribution < -0.4 is 11.2 Å². The zero-order valence-electron chi connectivity index (χ0n) is 17.3. The summed E-state index contributed by atoms with van der Waals surface area (Å²) in [5, 5.41) is 0. The van der Waals surface area contributed by atoms with Crippen molar-refractivity contribution in [1.82, 2.24) is 24.0 Å². The number of nitrogens with one attached hydrogen (secondary N) is 1. The lowest BCUT2D eigenvalue weighted by Crippen LogP contribution is -2.45. The van der Waals surface area contributed by atoms with Crippen LogP contribution >= 0.6 is 0 Å². The Hall–Kier alpha value is -2.71. The standard InChI is InChI=1S/C21H27N5O3/c1-13-7-5-6-8-16(13)11-26-17(12-25-9-14(2)29-15(3)10-25)22-19-18(26)20(27)23-21(28)24(19)4/h5-8,14-15H,9-12H2,1-4H3,(H,23,27,28)/t14-,15+. The lowest BCUT2D eigenvalue weighted by Gasteiger charge is -2.35. The SMILES string of the molecule is Cc1ccccc1Cn1c(CN2C[C@@H](C)O[C@@H](C)C2)nc2c1c(=O)[nH]c(=O)n2C. The van der Waals surface area contributed by atoms with E-state index in [1.54, 1.807) is 7.05 Å². The molecule has 0 bridgehead atoms. The molecule has 3 aromatic rings. The molecule has 0 radical (unpaired) electrons. The molecule has 0 amide bonds. The topological polar surface area (TPSA) is 85.2 Å². The monoisotopic (exact) mass is 397 g/mol. The van der Waals surface area contributed by atoms with E-state index in [-0.39, 0.29) is 12.2 Å². The molecule has 0 aliphatic carbocycles. The van der Waals surface area contributed by atoms with Gasteiger partial charge in [0.05, 0.1) is 18.8 Å². The first-order valence-corrected chi connectivity index (χ1v) is 9.94. The maximum absolute atomic E-state index is 12.7. The number of aryl methyl sites for hydroxylation is 2. The van der Waals surface area contributed by atoms with E-state index in [1.165, 1.54) is 4.57 Å². The minimum atomic E-state index is -0.455. The number of nitrogens with zero attached hydrogens (tertiary/aromatic N) is 4. The molecule has 0 spiro atoms. The second-order valence-electron chi connectivity index (χ2n) is 7.98. The molecule has 1 fully saturated rings. The summed E-state index contributed by atoms with van der Waals surface area (Å²) in [4.78, 5) is 34.2. The van der Waals surface area contributed by atoms with E-state index in [2.05, 4.69) is 42.8 Å². The number of aromatic amines is 1. The Kier molecular flexibility index (Phi) is 5.14. The van der Waals surface area contributed by atoms with Gasteiger partial charge in [-0.3, -0.25) is 19.2 Å². The fourth-order valence-corrected chi connectivity index (χ4v) is 4.14. The fourth-order valence-electron chi connectivity index (χ4n) is 4.14. The quantitative estimate of drug-likeness (QED) is 0.719. The molecule has 4 rings (SSSR count). The molecule has 1 aromatic carbocycles. The predicted octanol–water partition coefficient (Wildman–Crippen LogP) is 1.39. The molecule has 0 unspecified atom stereocenters. The van der Waals surface area contributed by atoms with Crippen molar-refractivity contribution in [2.75, 3.05) is 13.1 Å². The van der Waals surface area contributed by atoms with E-state index in [9.17, 15) is 9.59 Å². The van der Waals surface area contributed by atoms with E-state index >= 15 is 0 Å². The molecule has 8 heteroatoms. The first-order chi connectivity index (χ1) is 13.8. The van der Waals surface area contributed by atoms with Crippen molar-refractivity contribution in [3.63, 3.8) is 0 Å². The van der Waals surface area contributed by atoms with Crippen molar-refractivity contribution in [1.29, 1.82) is 0 Å². The van der Waals surface area contributed by atoms with Gasteiger partial charge in [0.2, 0.25) is 0 Å². The van der Waals surface area contributed by atoms with Gasteiger partial charge in [-0.25, -0.2) is 9.78 Å². The Morgan fingerprint density at radius 2 is 1.83 bits per heavy atom. The number of ether oxygens (including phenoxy) is 1. The van der Waals surface area contributed by atoms with Gasteiger partial charge in [0.25, 0.3) is 5.56 Å². The molecule has 1 saturated heterocycles. The Balaban J connectivity index is 1.83. The summed E-state index contributed by atoms with van der Waals surface area (Å²) in [6.45, 7) is 8.89. The highest BCUT2D eigenvalue weighted by molar-refractivity contribution is 5.71. The smallest absolute Gasteiger partial charge is 0.329 e. The Labute approximate surface area is 168 Å². The van der Waals surface area contributed by atoms with Gasteiger partial charge in [-0.1, -0.05) is 24.3 Å². The van der Waals surface area contributed by atoms with Gasteiger partial charge in [0, 0.05) is 26.7 Å². The highest BCUT2D eigenvalue weighted by Crippen LogP contribution is 2.19. The predicted molar refractivity (Wildman–Crippen MR) is 111 cm³/mol. The molecule has 8 nitrogen and oxygen atoms in total. The largest absolute Gasteiger partial charge is 0.373 e. The van der Waals surface area contributed by atoms with Gasteiger partial charge in [-0.05, 0) is 31.9 Å². The molecule has 29 heavy (non-hydrogen) atoms. The summed E-state index contributed by atoms with van der Waals surface area (Å²) < 4.78 is 9.19.